The summed E-state index contributed by atoms with van der Waals surface area (Å²) in [5, 5.41) is 3.40. The Morgan fingerprint density at radius 1 is 1.33 bits per heavy atom. The third-order valence-electron chi connectivity index (χ3n) is 2.38. The summed E-state index contributed by atoms with van der Waals surface area (Å²) in [5.41, 5.74) is 0.568. The number of nitrogens with one attached hydrogen (secondary N) is 1. The SMILES string of the molecule is C1CNCC2(C1)COC2.CCC. The molecule has 0 amide bonds. The largest absolute Gasteiger partial charge is 0.380 e. The van der Waals surface area contributed by atoms with Crippen LogP contribution >= 0.6 is 0 Å². The zero-order valence-electron chi connectivity index (χ0n) is 8.36. The average molecular weight is 171 g/mol. The first kappa shape index (κ1) is 10.0. The zero-order valence-corrected chi connectivity index (χ0v) is 8.36. The molecule has 2 saturated heterocycles. The van der Waals surface area contributed by atoms with E-state index in [1.54, 1.807) is 0 Å². The van der Waals surface area contributed by atoms with Crippen LogP contribution in [0.3, 0.4) is 0 Å². The molecule has 2 heteroatoms. The highest BCUT2D eigenvalue weighted by Crippen LogP contribution is 2.33. The Kier molecular flexibility index (Phi) is 4.02. The van der Waals surface area contributed by atoms with E-state index in [-0.39, 0.29) is 0 Å². The highest BCUT2D eigenvalue weighted by atomic mass is 16.5. The fourth-order valence-corrected chi connectivity index (χ4v) is 1.67. The molecular weight excluding hydrogens is 150 g/mol. The lowest BCUT2D eigenvalue weighted by molar-refractivity contribution is -0.122. The van der Waals surface area contributed by atoms with Crippen LogP contribution in [0.4, 0.5) is 0 Å². The molecule has 12 heavy (non-hydrogen) atoms. The normalized spacial score (nSPS) is 25.5. The molecule has 0 saturated carbocycles. The molecule has 2 fully saturated rings. The molecule has 2 heterocycles. The van der Waals surface area contributed by atoms with Crippen molar-refractivity contribution in [3.05, 3.63) is 0 Å². The fourth-order valence-electron chi connectivity index (χ4n) is 1.67. The van der Waals surface area contributed by atoms with Crippen LogP contribution in [-0.2, 0) is 4.74 Å². The topological polar surface area (TPSA) is 21.3 Å². The Morgan fingerprint density at radius 2 is 2.00 bits per heavy atom. The maximum atomic E-state index is 5.18. The molecule has 0 unspecified atom stereocenters. The third-order valence-corrected chi connectivity index (χ3v) is 2.38. The Morgan fingerprint density at radius 3 is 2.25 bits per heavy atom. The Hall–Kier alpha value is -0.0800. The number of hydrogen-bond donors (Lipinski definition) is 1. The zero-order chi connectivity index (χ0) is 8.86. The number of piperidine rings is 1. The molecule has 2 aliphatic rings. The van der Waals surface area contributed by atoms with Crippen molar-refractivity contribution in [3.63, 3.8) is 0 Å². The second-order valence-electron chi connectivity index (χ2n) is 3.98. The van der Waals surface area contributed by atoms with Crippen molar-refractivity contribution in [3.8, 4) is 0 Å². The molecule has 0 aromatic carbocycles. The summed E-state index contributed by atoms with van der Waals surface area (Å²) in [4.78, 5) is 0. The molecule has 0 aromatic heterocycles. The Bertz CT molecular complexity index is 113. The molecule has 0 atom stereocenters. The highest BCUT2D eigenvalue weighted by Gasteiger charge is 2.39. The fraction of sp³-hybridized carbons (Fsp3) is 1.00. The van der Waals surface area contributed by atoms with E-state index in [2.05, 4.69) is 19.2 Å². The Labute approximate surface area is 75.7 Å². The summed E-state index contributed by atoms with van der Waals surface area (Å²) < 4.78 is 5.18. The Balaban J connectivity index is 0.000000213. The van der Waals surface area contributed by atoms with Gasteiger partial charge in [0.05, 0.1) is 13.2 Å². The first-order valence-electron chi connectivity index (χ1n) is 5.11. The monoisotopic (exact) mass is 171 g/mol. The molecule has 0 aromatic rings. The summed E-state index contributed by atoms with van der Waals surface area (Å²) in [7, 11) is 0. The standard InChI is InChI=1S/C7H13NO.C3H8/c1-2-7(4-8-3-1)5-9-6-7;1-3-2/h8H,1-6H2;3H2,1-2H3. The van der Waals surface area contributed by atoms with Crippen LogP contribution in [0.5, 0.6) is 0 Å². The van der Waals surface area contributed by atoms with Gasteiger partial charge in [-0.15, -0.1) is 0 Å². The molecule has 0 radical (unpaired) electrons. The molecule has 1 spiro atoms. The van der Waals surface area contributed by atoms with Crippen LogP contribution in [-0.4, -0.2) is 26.3 Å². The van der Waals surface area contributed by atoms with Gasteiger partial charge in [-0.2, -0.15) is 0 Å². The van der Waals surface area contributed by atoms with Crippen molar-refractivity contribution in [1.29, 1.82) is 0 Å². The lowest BCUT2D eigenvalue weighted by Crippen LogP contribution is -2.52. The number of rotatable bonds is 0. The van der Waals surface area contributed by atoms with Gasteiger partial charge in [0.2, 0.25) is 0 Å². The summed E-state index contributed by atoms with van der Waals surface area (Å²) in [6, 6.07) is 0. The first-order chi connectivity index (χ1) is 5.83. The van der Waals surface area contributed by atoms with Crippen LogP contribution < -0.4 is 5.32 Å². The molecular formula is C10H21NO. The van der Waals surface area contributed by atoms with Gasteiger partial charge in [-0.25, -0.2) is 0 Å². The van der Waals surface area contributed by atoms with Gasteiger partial charge in [0.15, 0.2) is 0 Å². The van der Waals surface area contributed by atoms with Crippen molar-refractivity contribution in [2.75, 3.05) is 26.3 Å². The molecule has 72 valence electrons. The molecule has 2 rings (SSSR count). The van der Waals surface area contributed by atoms with Crippen molar-refractivity contribution >= 4 is 0 Å². The minimum Gasteiger partial charge on any atom is -0.380 e. The molecule has 0 aliphatic carbocycles. The summed E-state index contributed by atoms with van der Waals surface area (Å²) in [5.74, 6) is 0. The highest BCUT2D eigenvalue weighted by molar-refractivity contribution is 4.90. The molecule has 1 N–H and O–H groups in total. The van der Waals surface area contributed by atoms with Crippen LogP contribution in [0.1, 0.15) is 33.1 Å². The van der Waals surface area contributed by atoms with E-state index >= 15 is 0 Å². The quantitative estimate of drug-likeness (QED) is 0.600. The van der Waals surface area contributed by atoms with Crippen molar-refractivity contribution in [2.45, 2.75) is 33.1 Å². The van der Waals surface area contributed by atoms with Gasteiger partial charge in [-0.1, -0.05) is 20.3 Å². The van der Waals surface area contributed by atoms with Gasteiger partial charge in [-0.3, -0.25) is 0 Å². The van der Waals surface area contributed by atoms with Crippen LogP contribution in [0.25, 0.3) is 0 Å². The summed E-state index contributed by atoms with van der Waals surface area (Å²) >= 11 is 0. The maximum Gasteiger partial charge on any atom is 0.0557 e. The molecule has 0 bridgehead atoms. The van der Waals surface area contributed by atoms with Gasteiger partial charge in [0.25, 0.3) is 0 Å². The van der Waals surface area contributed by atoms with E-state index in [1.165, 1.54) is 32.4 Å². The predicted molar refractivity (Wildman–Crippen MR) is 51.3 cm³/mol. The summed E-state index contributed by atoms with van der Waals surface area (Å²) in [6.45, 7) is 8.65. The minimum absolute atomic E-state index is 0.568. The van der Waals surface area contributed by atoms with E-state index in [0.717, 1.165) is 13.2 Å². The second-order valence-corrected chi connectivity index (χ2v) is 3.98. The lowest BCUT2D eigenvalue weighted by atomic mass is 9.79. The maximum absolute atomic E-state index is 5.18. The van der Waals surface area contributed by atoms with Crippen molar-refractivity contribution in [1.82, 2.24) is 5.32 Å². The van der Waals surface area contributed by atoms with Gasteiger partial charge in [0, 0.05) is 12.0 Å². The third kappa shape index (κ3) is 2.46. The van der Waals surface area contributed by atoms with E-state index in [4.69, 9.17) is 4.74 Å². The summed E-state index contributed by atoms with van der Waals surface area (Å²) in [6.07, 6.45) is 3.96. The predicted octanol–water partition coefficient (Wildman–Crippen LogP) is 1.80. The number of hydrogen-bond acceptors (Lipinski definition) is 2. The van der Waals surface area contributed by atoms with Gasteiger partial charge in [-0.05, 0) is 19.4 Å². The average Bonchev–Trinajstić information content (AvgIpc) is 2.05. The van der Waals surface area contributed by atoms with Crippen molar-refractivity contribution < 1.29 is 4.74 Å². The van der Waals surface area contributed by atoms with Crippen LogP contribution in [0.2, 0.25) is 0 Å². The van der Waals surface area contributed by atoms with Crippen LogP contribution in [0, 0.1) is 5.41 Å². The molecule has 2 aliphatic heterocycles. The van der Waals surface area contributed by atoms with Gasteiger partial charge in [0.1, 0.15) is 0 Å². The smallest absolute Gasteiger partial charge is 0.0557 e. The minimum atomic E-state index is 0.568. The van der Waals surface area contributed by atoms with Gasteiger partial charge < -0.3 is 10.1 Å². The number of ether oxygens (including phenoxy) is 1. The van der Waals surface area contributed by atoms with Gasteiger partial charge >= 0.3 is 0 Å². The second kappa shape index (κ2) is 4.83. The molecule has 2 nitrogen and oxygen atoms in total. The van der Waals surface area contributed by atoms with Crippen LogP contribution in [0.15, 0.2) is 0 Å². The van der Waals surface area contributed by atoms with Crippen molar-refractivity contribution in [2.24, 2.45) is 5.41 Å². The van der Waals surface area contributed by atoms with E-state index in [0.29, 0.717) is 5.41 Å². The van der Waals surface area contributed by atoms with E-state index in [9.17, 15) is 0 Å². The van der Waals surface area contributed by atoms with E-state index in [1.807, 2.05) is 0 Å². The lowest BCUT2D eigenvalue weighted by Gasteiger charge is -2.44. The van der Waals surface area contributed by atoms with E-state index < -0.39 is 0 Å². The first-order valence-corrected chi connectivity index (χ1v) is 5.11.